The summed E-state index contributed by atoms with van der Waals surface area (Å²) < 4.78 is 314. The average Bonchev–Trinajstić information content (AvgIpc) is 1.58. The second-order valence-electron chi connectivity index (χ2n) is 18.9. The standard InChI is InChI=1S/C56H10Cl4F20N8O4/c57-17-1-9-13(5-21(17)89-45-37(73)29(65)25(61)30(66)38(45)74)53-81-49(9)85-54-14-6-22(90-46-39(75)31(67)26(62)32(68)40(46)76)18(58)2-10(14)51(82-54)87-56-16-8-24(92-48-43(79)35(71)28(64)36(72)44(48)80)20(60)4-12(16)52(84-56)88-55-15-7-23(19(59)3-11(15)50(83-55)86-53)91-47-41(77)33(69)27(63)34(70)42(47)78/h1-8H,(H2,81,82,83,84,85,86,87,88). The first-order chi connectivity index (χ1) is 43.5. The molecule has 0 amide bonds. The summed E-state index contributed by atoms with van der Waals surface area (Å²) in [6.07, 6.45) is 0. The molecule has 0 radical (unpaired) electrons. The lowest BCUT2D eigenvalue weighted by molar-refractivity contribution is 0.332. The van der Waals surface area contributed by atoms with E-state index < -0.39 is 228 Å². The molecule has 0 atom stereocenters. The minimum Gasteiger partial charge on any atom is -0.449 e. The van der Waals surface area contributed by atoms with Gasteiger partial charge in [-0.2, -0.15) is 35.1 Å². The molecular formula is C56H10Cl4F20N8O4. The van der Waals surface area contributed by atoms with E-state index in [1.54, 1.807) is 0 Å². The highest BCUT2D eigenvalue weighted by molar-refractivity contribution is 6.34. The Hall–Kier alpha value is -9.92. The van der Waals surface area contributed by atoms with Crippen LogP contribution in [0.4, 0.5) is 87.8 Å². The molecule has 8 bridgehead atoms. The minimum absolute atomic E-state index is 0.264. The zero-order valence-corrected chi connectivity index (χ0v) is 46.0. The number of aromatic nitrogens is 8. The Morgan fingerprint density at radius 2 is 0.413 bits per heavy atom. The Balaban J connectivity index is 1.13. The van der Waals surface area contributed by atoms with Gasteiger partial charge in [0.15, 0.2) is 23.3 Å². The quantitative estimate of drug-likeness (QED) is 0.0856. The first-order valence-corrected chi connectivity index (χ1v) is 26.0. The Kier molecular flexibility index (Phi) is 14.5. The predicted octanol–water partition coefficient (Wildman–Crippen LogP) is 19.4. The van der Waals surface area contributed by atoms with E-state index in [4.69, 9.17) is 65.4 Å². The maximum atomic E-state index is 15.1. The van der Waals surface area contributed by atoms with Crippen LogP contribution in [0.3, 0.4) is 0 Å². The van der Waals surface area contributed by atoms with Crippen molar-refractivity contribution in [1.29, 1.82) is 0 Å². The highest BCUT2D eigenvalue weighted by Gasteiger charge is 2.35. The molecule has 0 saturated carbocycles. The fraction of sp³-hybridized carbons (Fsp3) is 0. The molecule has 36 heteroatoms. The van der Waals surface area contributed by atoms with Crippen LogP contribution in [0, 0.1) is 116 Å². The lowest BCUT2D eigenvalue weighted by Gasteiger charge is -2.12. The molecule has 2 N–H and O–H groups in total. The van der Waals surface area contributed by atoms with Crippen LogP contribution in [-0.4, -0.2) is 39.9 Å². The van der Waals surface area contributed by atoms with Gasteiger partial charge in [-0.05, 0) is 48.5 Å². The molecule has 0 spiro atoms. The van der Waals surface area contributed by atoms with E-state index in [1.165, 1.54) is 0 Å². The number of hydrogen-bond acceptors (Lipinski definition) is 10. The Labute approximate surface area is 511 Å². The SMILES string of the molecule is Fc1c(F)c(F)c(Oc2cc3c(cc2Cl)-c2nc-3nc3[nH]c(nc4nc(nc5[nH]c(n2)c2cc(Oc6c(F)c(F)c(F)c(F)c6F)c(Cl)cc52)-c2cc(Oc5c(F)c(F)c(F)c(F)c5F)c(Cl)cc2-4)c2cc(Oc4c(F)c(F)c(F)c(F)c4F)c(Cl)cc32)c(F)c1F. The Morgan fingerprint density at radius 1 is 0.228 bits per heavy atom. The Bertz CT molecular complexity index is 4970. The second kappa shape index (κ2) is 21.9. The molecular weight excluding hydrogens is 1370 g/mol. The molecule has 0 saturated heterocycles. The number of aromatic amines is 2. The number of hydrogen-bond donors (Lipinski definition) is 2. The summed E-state index contributed by atoms with van der Waals surface area (Å²) in [6.45, 7) is 0. The van der Waals surface area contributed by atoms with E-state index in [1.807, 2.05) is 0 Å². The van der Waals surface area contributed by atoms with Crippen molar-refractivity contribution in [1.82, 2.24) is 39.9 Å². The van der Waals surface area contributed by atoms with Gasteiger partial charge < -0.3 is 28.9 Å². The molecule has 0 aliphatic carbocycles. The third-order valence-electron chi connectivity index (χ3n) is 13.6. The molecule has 13 rings (SSSR count). The van der Waals surface area contributed by atoms with E-state index in [0.29, 0.717) is 0 Å². The van der Waals surface area contributed by atoms with Crippen molar-refractivity contribution >= 4 is 90.5 Å². The predicted molar refractivity (Wildman–Crippen MR) is 281 cm³/mol. The van der Waals surface area contributed by atoms with Crippen LogP contribution in [0.25, 0.3) is 89.7 Å². The third kappa shape index (κ3) is 9.46. The van der Waals surface area contributed by atoms with Gasteiger partial charge in [0.25, 0.3) is 0 Å². The van der Waals surface area contributed by atoms with Crippen LogP contribution in [0.15, 0.2) is 48.5 Å². The van der Waals surface area contributed by atoms with Crippen molar-refractivity contribution in [2.24, 2.45) is 0 Å². The maximum absolute atomic E-state index is 15.1. The van der Waals surface area contributed by atoms with E-state index in [2.05, 4.69) is 39.9 Å². The van der Waals surface area contributed by atoms with Gasteiger partial charge in [0.05, 0.1) is 20.1 Å². The van der Waals surface area contributed by atoms with Crippen LogP contribution in [0.1, 0.15) is 0 Å². The first-order valence-electron chi connectivity index (χ1n) is 24.5. The summed E-state index contributed by atoms with van der Waals surface area (Å²) >= 11 is 26.2. The smallest absolute Gasteiger partial charge is 0.207 e. The number of nitrogens with one attached hydrogen (secondary N) is 2. The molecule has 11 aromatic rings. The van der Waals surface area contributed by atoms with Crippen LogP contribution < -0.4 is 18.9 Å². The summed E-state index contributed by atoms with van der Waals surface area (Å²) in [5.41, 5.74) is -3.33. The molecule has 466 valence electrons. The van der Waals surface area contributed by atoms with Crippen molar-refractivity contribution in [3.63, 3.8) is 0 Å². The number of fused-ring (bicyclic) bond motifs is 20. The van der Waals surface area contributed by atoms with Crippen molar-refractivity contribution < 1.29 is 107 Å². The molecule has 2 aliphatic rings. The molecule has 0 fully saturated rings. The van der Waals surface area contributed by atoms with Gasteiger partial charge in [-0.15, -0.1) is 0 Å². The molecule has 8 aromatic carbocycles. The fourth-order valence-corrected chi connectivity index (χ4v) is 10.0. The van der Waals surface area contributed by atoms with Crippen molar-refractivity contribution in [3.05, 3.63) is 185 Å². The van der Waals surface area contributed by atoms with E-state index in [9.17, 15) is 52.7 Å². The van der Waals surface area contributed by atoms with Crippen LogP contribution in [0.2, 0.25) is 20.1 Å². The lowest BCUT2D eigenvalue weighted by Crippen LogP contribution is -2.04. The van der Waals surface area contributed by atoms with Crippen molar-refractivity contribution in [2.45, 2.75) is 0 Å². The fourth-order valence-electron chi connectivity index (χ4n) is 9.24. The number of halogens is 24. The van der Waals surface area contributed by atoms with Gasteiger partial charge in [-0.3, -0.25) is 0 Å². The first kappa shape index (κ1) is 61.0. The summed E-state index contributed by atoms with van der Waals surface area (Å²) in [5.74, 6) is -63.1. The van der Waals surface area contributed by atoms with Gasteiger partial charge in [0.1, 0.15) is 45.6 Å². The maximum Gasteiger partial charge on any atom is 0.207 e. The van der Waals surface area contributed by atoms with Crippen LogP contribution in [-0.2, 0) is 0 Å². The monoisotopic (exact) mass is 1380 g/mol. The highest BCUT2D eigenvalue weighted by Crippen LogP contribution is 2.48. The summed E-state index contributed by atoms with van der Waals surface area (Å²) in [5, 5.41) is -4.01. The van der Waals surface area contributed by atoms with Crippen molar-refractivity contribution in [3.8, 4) is 91.5 Å². The summed E-state index contributed by atoms with van der Waals surface area (Å²) in [6, 6.07) is 6.83. The third-order valence-corrected chi connectivity index (χ3v) is 14.7. The zero-order valence-electron chi connectivity index (χ0n) is 43.0. The molecule has 3 aromatic heterocycles. The van der Waals surface area contributed by atoms with E-state index in [0.717, 1.165) is 48.5 Å². The van der Waals surface area contributed by atoms with Gasteiger partial charge in [-0.25, -0.2) is 82.6 Å². The highest BCUT2D eigenvalue weighted by atomic mass is 35.5. The number of H-pyrrole nitrogens is 2. The minimum atomic E-state index is -2.58. The summed E-state index contributed by atoms with van der Waals surface area (Å²) in [7, 11) is 0. The number of nitrogens with zero attached hydrogens (tertiary/aromatic N) is 6. The van der Waals surface area contributed by atoms with Gasteiger partial charge >= 0.3 is 0 Å². The Morgan fingerprint density at radius 3 is 0.652 bits per heavy atom. The average molecular weight is 1380 g/mol. The molecule has 2 aliphatic heterocycles. The number of ether oxygens (including phenoxy) is 4. The summed E-state index contributed by atoms with van der Waals surface area (Å²) in [4.78, 5) is 32.6. The second-order valence-corrected chi connectivity index (χ2v) is 20.6. The largest absolute Gasteiger partial charge is 0.449 e. The number of benzene rings is 8. The van der Waals surface area contributed by atoms with Crippen LogP contribution in [0.5, 0.6) is 46.0 Å². The van der Waals surface area contributed by atoms with Crippen LogP contribution >= 0.6 is 46.4 Å². The van der Waals surface area contributed by atoms with Gasteiger partial charge in [0, 0.05) is 43.8 Å². The van der Waals surface area contributed by atoms with Crippen molar-refractivity contribution in [2.75, 3.05) is 0 Å². The molecule has 0 unspecified atom stereocenters. The number of rotatable bonds is 8. The lowest BCUT2D eigenvalue weighted by atomic mass is 10.1. The normalized spacial score (nSPS) is 11.9. The molecule has 12 nitrogen and oxygen atoms in total. The molecule has 92 heavy (non-hydrogen) atoms. The van der Waals surface area contributed by atoms with Gasteiger partial charge in [-0.1, -0.05) is 46.4 Å². The van der Waals surface area contributed by atoms with E-state index in [-0.39, 0.29) is 43.8 Å². The zero-order chi connectivity index (χ0) is 65.9. The van der Waals surface area contributed by atoms with E-state index >= 15 is 35.1 Å². The topological polar surface area (TPSA) is 146 Å². The molecule has 5 heterocycles. The van der Waals surface area contributed by atoms with Gasteiger partial charge in [0.2, 0.25) is 139 Å².